The number of aromatic nitrogens is 1. The molecule has 2 aromatic carbocycles. The van der Waals surface area contributed by atoms with Crippen LogP contribution in [0.15, 0.2) is 42.5 Å². The SMILES string of the molecule is CCOc1ccc2nc(NCc3cccc(F)c3)sc2c1. The van der Waals surface area contributed by atoms with E-state index in [-0.39, 0.29) is 5.82 Å². The summed E-state index contributed by atoms with van der Waals surface area (Å²) in [5, 5.41) is 4.05. The zero-order valence-electron chi connectivity index (χ0n) is 11.6. The average molecular weight is 302 g/mol. The van der Waals surface area contributed by atoms with Crippen molar-refractivity contribution in [3.63, 3.8) is 0 Å². The van der Waals surface area contributed by atoms with E-state index in [1.807, 2.05) is 31.2 Å². The molecule has 0 fully saturated rings. The summed E-state index contributed by atoms with van der Waals surface area (Å²) in [5.74, 6) is 0.630. The van der Waals surface area contributed by atoms with Crippen LogP contribution in [0.3, 0.4) is 0 Å². The van der Waals surface area contributed by atoms with Gasteiger partial charge in [0.2, 0.25) is 0 Å². The van der Waals surface area contributed by atoms with Gasteiger partial charge in [-0.15, -0.1) is 0 Å². The van der Waals surface area contributed by atoms with Gasteiger partial charge in [-0.1, -0.05) is 23.5 Å². The van der Waals surface area contributed by atoms with Gasteiger partial charge in [0.1, 0.15) is 11.6 Å². The first kappa shape index (κ1) is 13.8. The maximum Gasteiger partial charge on any atom is 0.184 e. The minimum atomic E-state index is -0.222. The predicted molar refractivity (Wildman–Crippen MR) is 84.5 cm³/mol. The van der Waals surface area contributed by atoms with Crippen LogP contribution in [0, 0.1) is 5.82 Å². The molecule has 0 aliphatic rings. The molecular formula is C16H15FN2OS. The first-order valence-electron chi connectivity index (χ1n) is 6.76. The molecule has 5 heteroatoms. The van der Waals surface area contributed by atoms with Gasteiger partial charge in [0.15, 0.2) is 5.13 Å². The number of nitrogens with one attached hydrogen (secondary N) is 1. The molecule has 1 heterocycles. The van der Waals surface area contributed by atoms with Crippen molar-refractivity contribution in [2.24, 2.45) is 0 Å². The molecule has 3 aromatic rings. The van der Waals surface area contributed by atoms with Crippen molar-refractivity contribution in [1.82, 2.24) is 4.98 Å². The van der Waals surface area contributed by atoms with E-state index in [0.29, 0.717) is 13.2 Å². The smallest absolute Gasteiger partial charge is 0.184 e. The van der Waals surface area contributed by atoms with Gasteiger partial charge in [-0.3, -0.25) is 0 Å². The van der Waals surface area contributed by atoms with Gasteiger partial charge in [-0.2, -0.15) is 0 Å². The van der Waals surface area contributed by atoms with E-state index < -0.39 is 0 Å². The molecule has 0 aliphatic carbocycles. The number of ether oxygens (including phenoxy) is 1. The molecule has 0 amide bonds. The highest BCUT2D eigenvalue weighted by atomic mass is 32.1. The van der Waals surface area contributed by atoms with Crippen molar-refractivity contribution in [3.8, 4) is 5.75 Å². The number of halogens is 1. The van der Waals surface area contributed by atoms with Gasteiger partial charge < -0.3 is 10.1 Å². The summed E-state index contributed by atoms with van der Waals surface area (Å²) >= 11 is 1.56. The van der Waals surface area contributed by atoms with Gasteiger partial charge in [0.25, 0.3) is 0 Å². The van der Waals surface area contributed by atoms with Crippen LogP contribution in [-0.2, 0) is 6.54 Å². The molecule has 0 unspecified atom stereocenters. The van der Waals surface area contributed by atoms with Crippen molar-refractivity contribution in [3.05, 3.63) is 53.8 Å². The van der Waals surface area contributed by atoms with E-state index in [2.05, 4.69) is 10.3 Å². The third kappa shape index (κ3) is 3.31. The number of rotatable bonds is 5. The van der Waals surface area contributed by atoms with Gasteiger partial charge in [0, 0.05) is 6.54 Å². The van der Waals surface area contributed by atoms with E-state index >= 15 is 0 Å². The summed E-state index contributed by atoms with van der Waals surface area (Å²) in [6.45, 7) is 3.16. The molecule has 1 N–H and O–H groups in total. The molecule has 0 aliphatic heterocycles. The monoisotopic (exact) mass is 302 g/mol. The Hall–Kier alpha value is -2.14. The number of hydrogen-bond acceptors (Lipinski definition) is 4. The van der Waals surface area contributed by atoms with Gasteiger partial charge in [-0.05, 0) is 42.8 Å². The summed E-state index contributed by atoms with van der Waals surface area (Å²) < 4.78 is 19.7. The quantitative estimate of drug-likeness (QED) is 0.756. The van der Waals surface area contributed by atoms with Crippen LogP contribution in [0.25, 0.3) is 10.2 Å². The number of benzene rings is 2. The molecule has 3 nitrogen and oxygen atoms in total. The largest absolute Gasteiger partial charge is 0.494 e. The first-order chi connectivity index (χ1) is 10.2. The summed E-state index contributed by atoms with van der Waals surface area (Å²) in [6.07, 6.45) is 0. The van der Waals surface area contributed by atoms with Crippen LogP contribution >= 0.6 is 11.3 Å². The molecule has 0 bridgehead atoms. The zero-order valence-corrected chi connectivity index (χ0v) is 12.4. The average Bonchev–Trinajstić information content (AvgIpc) is 2.88. The van der Waals surface area contributed by atoms with Crippen molar-refractivity contribution in [1.29, 1.82) is 0 Å². The lowest BCUT2D eigenvalue weighted by Gasteiger charge is -2.02. The Balaban J connectivity index is 1.75. The maximum atomic E-state index is 13.1. The Morgan fingerprint density at radius 3 is 2.95 bits per heavy atom. The minimum absolute atomic E-state index is 0.222. The number of thiazole rings is 1. The number of fused-ring (bicyclic) bond motifs is 1. The number of hydrogen-bond donors (Lipinski definition) is 1. The van der Waals surface area contributed by atoms with Crippen LogP contribution in [0.5, 0.6) is 5.75 Å². The highest BCUT2D eigenvalue weighted by Crippen LogP contribution is 2.29. The molecule has 1 aromatic heterocycles. The lowest BCUT2D eigenvalue weighted by Crippen LogP contribution is -1.98. The van der Waals surface area contributed by atoms with E-state index in [1.165, 1.54) is 12.1 Å². The molecule has 0 saturated carbocycles. The number of nitrogens with zero attached hydrogens (tertiary/aromatic N) is 1. The summed E-state index contributed by atoms with van der Waals surface area (Å²) in [6, 6.07) is 12.4. The molecule has 0 saturated heterocycles. The first-order valence-corrected chi connectivity index (χ1v) is 7.58. The molecule has 108 valence electrons. The highest BCUT2D eigenvalue weighted by molar-refractivity contribution is 7.22. The molecule has 0 radical (unpaired) electrons. The fourth-order valence-corrected chi connectivity index (χ4v) is 2.95. The second kappa shape index (κ2) is 6.10. The second-order valence-corrected chi connectivity index (χ2v) is 5.60. The fourth-order valence-electron chi connectivity index (χ4n) is 2.06. The third-order valence-electron chi connectivity index (χ3n) is 3.00. The molecular weight excluding hydrogens is 287 g/mol. The maximum absolute atomic E-state index is 13.1. The summed E-state index contributed by atoms with van der Waals surface area (Å²) in [7, 11) is 0. The van der Waals surface area contributed by atoms with Gasteiger partial charge in [-0.25, -0.2) is 9.37 Å². The molecule has 21 heavy (non-hydrogen) atoms. The lowest BCUT2D eigenvalue weighted by atomic mass is 10.2. The van der Waals surface area contributed by atoms with Crippen molar-refractivity contribution >= 4 is 26.7 Å². The van der Waals surface area contributed by atoms with Crippen LogP contribution in [-0.4, -0.2) is 11.6 Å². The zero-order chi connectivity index (χ0) is 14.7. The highest BCUT2D eigenvalue weighted by Gasteiger charge is 2.05. The van der Waals surface area contributed by atoms with E-state index in [1.54, 1.807) is 17.4 Å². The van der Waals surface area contributed by atoms with Crippen LogP contribution in [0.2, 0.25) is 0 Å². The topological polar surface area (TPSA) is 34.1 Å². The predicted octanol–water partition coefficient (Wildman–Crippen LogP) is 4.45. The van der Waals surface area contributed by atoms with Crippen molar-refractivity contribution in [2.75, 3.05) is 11.9 Å². The molecule has 0 spiro atoms. The molecule has 0 atom stereocenters. The van der Waals surface area contributed by atoms with E-state index in [9.17, 15) is 4.39 Å². The van der Waals surface area contributed by atoms with E-state index in [0.717, 1.165) is 26.7 Å². The Bertz CT molecular complexity index is 757. The Morgan fingerprint density at radius 2 is 2.14 bits per heavy atom. The summed E-state index contributed by atoms with van der Waals surface area (Å²) in [5.41, 5.74) is 1.83. The van der Waals surface area contributed by atoms with Gasteiger partial charge in [0.05, 0.1) is 16.8 Å². The fraction of sp³-hybridized carbons (Fsp3) is 0.188. The number of anilines is 1. The standard InChI is InChI=1S/C16H15FN2OS/c1-2-20-13-6-7-14-15(9-13)21-16(19-14)18-10-11-4-3-5-12(17)8-11/h3-9H,2,10H2,1H3,(H,18,19). The Labute approximate surface area is 126 Å². The van der Waals surface area contributed by atoms with Crippen LogP contribution in [0.4, 0.5) is 9.52 Å². The van der Waals surface area contributed by atoms with Crippen molar-refractivity contribution < 1.29 is 9.13 Å². The van der Waals surface area contributed by atoms with Gasteiger partial charge >= 0.3 is 0 Å². The van der Waals surface area contributed by atoms with Crippen LogP contribution < -0.4 is 10.1 Å². The molecule has 3 rings (SSSR count). The summed E-state index contributed by atoms with van der Waals surface area (Å²) in [4.78, 5) is 4.51. The minimum Gasteiger partial charge on any atom is -0.494 e. The Morgan fingerprint density at radius 1 is 1.24 bits per heavy atom. The Kier molecular flexibility index (Phi) is 4.01. The van der Waals surface area contributed by atoms with Crippen molar-refractivity contribution in [2.45, 2.75) is 13.5 Å². The van der Waals surface area contributed by atoms with E-state index in [4.69, 9.17) is 4.74 Å². The van der Waals surface area contributed by atoms with Crippen LogP contribution in [0.1, 0.15) is 12.5 Å². The lowest BCUT2D eigenvalue weighted by molar-refractivity contribution is 0.341. The third-order valence-corrected chi connectivity index (χ3v) is 3.98. The normalized spacial score (nSPS) is 10.8. The second-order valence-electron chi connectivity index (χ2n) is 4.57.